The first-order valence-electron chi connectivity index (χ1n) is 5.75. The van der Waals surface area contributed by atoms with Crippen LogP contribution >= 0.6 is 0 Å². The Morgan fingerprint density at radius 3 is 2.50 bits per heavy atom. The molecule has 0 aliphatic carbocycles. The lowest BCUT2D eigenvalue weighted by Crippen LogP contribution is -1.94. The Morgan fingerprint density at radius 1 is 1.06 bits per heavy atom. The van der Waals surface area contributed by atoms with Gasteiger partial charge in [0.1, 0.15) is 12.1 Å². The lowest BCUT2D eigenvalue weighted by atomic mass is 9.98. The van der Waals surface area contributed by atoms with Crippen molar-refractivity contribution in [3.63, 3.8) is 0 Å². The molecule has 0 aromatic heterocycles. The summed E-state index contributed by atoms with van der Waals surface area (Å²) >= 11 is 0. The molecule has 82 valence electrons. The van der Waals surface area contributed by atoms with Gasteiger partial charge in [0.2, 0.25) is 0 Å². The molecule has 0 N–H and O–H groups in total. The van der Waals surface area contributed by atoms with Gasteiger partial charge in [0, 0.05) is 0 Å². The summed E-state index contributed by atoms with van der Waals surface area (Å²) in [5.41, 5.74) is 2.06. The van der Waals surface area contributed by atoms with Crippen LogP contribution in [0.1, 0.15) is 49.3 Å². The maximum absolute atomic E-state index is 9.03. The highest BCUT2D eigenvalue weighted by Gasteiger charge is 2.06. The fourth-order valence-electron chi connectivity index (χ4n) is 1.78. The molecule has 0 radical (unpaired) electrons. The van der Waals surface area contributed by atoms with Gasteiger partial charge in [-0.25, -0.2) is 0 Å². The maximum atomic E-state index is 9.03. The molecule has 0 aliphatic heterocycles. The number of benzene rings is 1. The van der Waals surface area contributed by atoms with Crippen LogP contribution < -0.4 is 0 Å². The molecule has 0 saturated carbocycles. The Labute approximate surface area is 97.1 Å². The minimum Gasteiger partial charge on any atom is -0.192 e. The maximum Gasteiger partial charge on any atom is 0.101 e. The number of nitriles is 2. The summed E-state index contributed by atoms with van der Waals surface area (Å²) in [5.74, 6) is 0. The highest BCUT2D eigenvalue weighted by molar-refractivity contribution is 5.50. The van der Waals surface area contributed by atoms with Crippen LogP contribution in [0, 0.1) is 22.7 Å². The van der Waals surface area contributed by atoms with E-state index in [0.717, 1.165) is 18.4 Å². The highest BCUT2D eigenvalue weighted by atomic mass is 14.3. The molecule has 0 fully saturated rings. The molecule has 2 heteroatoms. The van der Waals surface area contributed by atoms with Gasteiger partial charge in [-0.15, -0.1) is 0 Å². The van der Waals surface area contributed by atoms with E-state index in [1.807, 2.05) is 12.1 Å². The second-order valence-corrected chi connectivity index (χ2v) is 3.87. The molecule has 0 aliphatic rings. The summed E-state index contributed by atoms with van der Waals surface area (Å²) in [6.07, 6.45) is 5.64. The van der Waals surface area contributed by atoms with Crippen LogP contribution in [0.3, 0.4) is 0 Å². The van der Waals surface area contributed by atoms with Gasteiger partial charge in [0.25, 0.3) is 0 Å². The number of unbranched alkanes of at least 4 members (excludes halogenated alkanes) is 3. The quantitative estimate of drug-likeness (QED) is 0.701. The van der Waals surface area contributed by atoms with E-state index in [2.05, 4.69) is 19.1 Å². The van der Waals surface area contributed by atoms with Crippen LogP contribution in [0.4, 0.5) is 0 Å². The first-order valence-corrected chi connectivity index (χ1v) is 5.75. The molecule has 16 heavy (non-hydrogen) atoms. The van der Waals surface area contributed by atoms with Crippen LogP contribution in [0.2, 0.25) is 0 Å². The fraction of sp³-hybridized carbons (Fsp3) is 0.429. The smallest absolute Gasteiger partial charge is 0.101 e. The Morgan fingerprint density at radius 2 is 1.88 bits per heavy atom. The zero-order chi connectivity index (χ0) is 11.8. The minimum atomic E-state index is 0.496. The van der Waals surface area contributed by atoms with Gasteiger partial charge < -0.3 is 0 Å². The van der Waals surface area contributed by atoms with Gasteiger partial charge in [-0.05, 0) is 24.5 Å². The summed E-state index contributed by atoms with van der Waals surface area (Å²) in [7, 11) is 0. The van der Waals surface area contributed by atoms with Gasteiger partial charge in [-0.3, -0.25) is 0 Å². The molecule has 0 heterocycles. The van der Waals surface area contributed by atoms with Crippen molar-refractivity contribution in [1.82, 2.24) is 0 Å². The molecule has 0 unspecified atom stereocenters. The Balaban J connectivity index is 2.74. The molecule has 1 aromatic rings. The third-order valence-corrected chi connectivity index (χ3v) is 2.68. The Hall–Kier alpha value is -1.80. The van der Waals surface area contributed by atoms with Crippen LogP contribution in [-0.4, -0.2) is 0 Å². The highest BCUT2D eigenvalue weighted by Crippen LogP contribution is 2.16. The van der Waals surface area contributed by atoms with E-state index < -0.39 is 0 Å². The summed E-state index contributed by atoms with van der Waals surface area (Å²) in [4.78, 5) is 0. The lowest BCUT2D eigenvalue weighted by Gasteiger charge is -2.04. The molecule has 1 aromatic carbocycles. The predicted octanol–water partition coefficient (Wildman–Crippen LogP) is 3.55. The number of aryl methyl sites for hydroxylation is 1. The number of nitrogens with zero attached hydrogens (tertiary/aromatic N) is 2. The zero-order valence-corrected chi connectivity index (χ0v) is 9.66. The molecule has 0 bridgehead atoms. The molecule has 2 nitrogen and oxygen atoms in total. The van der Waals surface area contributed by atoms with Crippen molar-refractivity contribution in [1.29, 1.82) is 10.5 Å². The monoisotopic (exact) mass is 212 g/mol. The SMILES string of the molecule is CCCCCCc1cccc(C#N)c1C#N. The first kappa shape index (κ1) is 12.3. The molecular formula is C14H16N2. The zero-order valence-electron chi connectivity index (χ0n) is 9.66. The third-order valence-electron chi connectivity index (χ3n) is 2.68. The number of hydrogen-bond donors (Lipinski definition) is 0. The molecule has 0 spiro atoms. The van der Waals surface area contributed by atoms with E-state index in [4.69, 9.17) is 10.5 Å². The van der Waals surface area contributed by atoms with E-state index in [1.165, 1.54) is 19.3 Å². The summed E-state index contributed by atoms with van der Waals surface area (Å²) < 4.78 is 0. The van der Waals surface area contributed by atoms with Crippen LogP contribution in [0.25, 0.3) is 0 Å². The van der Waals surface area contributed by atoms with Gasteiger partial charge in [-0.2, -0.15) is 10.5 Å². The second-order valence-electron chi connectivity index (χ2n) is 3.87. The number of hydrogen-bond acceptors (Lipinski definition) is 2. The van der Waals surface area contributed by atoms with Gasteiger partial charge >= 0.3 is 0 Å². The minimum absolute atomic E-state index is 0.496. The van der Waals surface area contributed by atoms with Gasteiger partial charge in [0.05, 0.1) is 11.1 Å². The van der Waals surface area contributed by atoms with E-state index in [9.17, 15) is 0 Å². The van der Waals surface area contributed by atoms with E-state index >= 15 is 0 Å². The lowest BCUT2D eigenvalue weighted by molar-refractivity contribution is 0.666. The standard InChI is InChI=1S/C14H16N2/c1-2-3-4-5-7-12-8-6-9-13(10-15)14(12)11-16/h6,8-9H,2-5,7H2,1H3. The molecule has 1 rings (SSSR count). The summed E-state index contributed by atoms with van der Waals surface area (Å²) in [6.45, 7) is 2.18. The van der Waals surface area contributed by atoms with Crippen molar-refractivity contribution >= 4 is 0 Å². The van der Waals surface area contributed by atoms with E-state index in [-0.39, 0.29) is 0 Å². The number of rotatable bonds is 5. The largest absolute Gasteiger partial charge is 0.192 e. The predicted molar refractivity (Wildman–Crippen MR) is 63.7 cm³/mol. The van der Waals surface area contributed by atoms with Crippen molar-refractivity contribution < 1.29 is 0 Å². The molecule has 0 saturated heterocycles. The van der Waals surface area contributed by atoms with Crippen molar-refractivity contribution in [3.8, 4) is 12.1 Å². The molecule has 0 amide bonds. The molecular weight excluding hydrogens is 196 g/mol. The first-order chi connectivity index (χ1) is 7.83. The molecule has 0 atom stereocenters. The van der Waals surface area contributed by atoms with Crippen molar-refractivity contribution in [2.24, 2.45) is 0 Å². The van der Waals surface area contributed by atoms with Crippen LogP contribution in [-0.2, 0) is 6.42 Å². The normalized spacial score (nSPS) is 9.44. The van der Waals surface area contributed by atoms with Crippen molar-refractivity contribution in [3.05, 3.63) is 34.9 Å². The van der Waals surface area contributed by atoms with Gasteiger partial charge in [-0.1, -0.05) is 38.3 Å². The van der Waals surface area contributed by atoms with Crippen LogP contribution in [0.5, 0.6) is 0 Å². The average molecular weight is 212 g/mol. The van der Waals surface area contributed by atoms with E-state index in [1.54, 1.807) is 6.07 Å². The Bertz CT molecular complexity index is 421. The fourth-order valence-corrected chi connectivity index (χ4v) is 1.78. The average Bonchev–Trinajstić information content (AvgIpc) is 2.34. The third kappa shape index (κ3) is 3.11. The van der Waals surface area contributed by atoms with E-state index in [0.29, 0.717) is 11.1 Å². The second kappa shape index (κ2) is 6.64. The Kier molecular flexibility index (Phi) is 5.09. The van der Waals surface area contributed by atoms with Crippen molar-refractivity contribution in [2.45, 2.75) is 39.0 Å². The topological polar surface area (TPSA) is 47.6 Å². The summed E-state index contributed by atoms with van der Waals surface area (Å²) in [5, 5.41) is 17.9. The van der Waals surface area contributed by atoms with Crippen LogP contribution in [0.15, 0.2) is 18.2 Å². The van der Waals surface area contributed by atoms with Gasteiger partial charge in [0.15, 0.2) is 0 Å². The van der Waals surface area contributed by atoms with Crippen molar-refractivity contribution in [2.75, 3.05) is 0 Å². The summed E-state index contributed by atoms with van der Waals surface area (Å²) in [6, 6.07) is 9.71.